The number of fused-ring (bicyclic) bond motifs is 1. The van der Waals surface area contributed by atoms with Gasteiger partial charge in [0.1, 0.15) is 0 Å². The summed E-state index contributed by atoms with van der Waals surface area (Å²) in [6.45, 7) is 1.64. The Morgan fingerprint density at radius 1 is 1.64 bits per heavy atom. The van der Waals surface area contributed by atoms with Crippen LogP contribution in [0, 0.1) is 0 Å². The maximum absolute atomic E-state index is 5.45. The summed E-state index contributed by atoms with van der Waals surface area (Å²) < 4.78 is 6.51. The third-order valence-electron chi connectivity index (χ3n) is 1.74. The molecular weight excluding hydrogens is 178 g/mol. The highest BCUT2D eigenvalue weighted by Gasteiger charge is 2.12. The molecule has 0 radical (unpaired) electrons. The molecule has 0 saturated carbocycles. The zero-order valence-corrected chi connectivity index (χ0v) is 7.63. The molecule has 4 heteroatoms. The molecule has 0 atom stereocenters. The highest BCUT2D eigenvalue weighted by atomic mass is 32.2. The van der Waals surface area contributed by atoms with Gasteiger partial charge in [0.25, 0.3) is 0 Å². The van der Waals surface area contributed by atoms with Gasteiger partial charge in [0.05, 0.1) is 17.4 Å². The molecule has 11 heavy (non-hydrogen) atoms. The Hall–Kier alpha value is -0.0300. The number of thiophene rings is 1. The van der Waals surface area contributed by atoms with Crippen molar-refractivity contribution in [3.05, 3.63) is 16.5 Å². The zero-order chi connectivity index (χ0) is 7.68. The molecule has 2 nitrogen and oxygen atoms in total. The molecule has 1 aliphatic rings. The summed E-state index contributed by atoms with van der Waals surface area (Å²) in [5, 5.41) is 5.45. The summed E-state index contributed by atoms with van der Waals surface area (Å²) in [4.78, 5) is 1.35. The summed E-state index contributed by atoms with van der Waals surface area (Å²) in [5.41, 5.74) is 1.43. The van der Waals surface area contributed by atoms with Crippen LogP contribution in [0.1, 0.15) is 10.4 Å². The van der Waals surface area contributed by atoms with E-state index >= 15 is 0 Å². The maximum Gasteiger partial charge on any atom is 0.0812 e. The van der Waals surface area contributed by atoms with E-state index in [0.29, 0.717) is 0 Å². The van der Waals surface area contributed by atoms with Crippen LogP contribution in [-0.4, -0.2) is 6.61 Å². The number of hydrogen-bond donors (Lipinski definition) is 1. The molecule has 0 aliphatic carbocycles. The van der Waals surface area contributed by atoms with Crippen LogP contribution in [-0.2, 0) is 17.8 Å². The van der Waals surface area contributed by atoms with E-state index in [1.54, 1.807) is 11.3 Å². The van der Waals surface area contributed by atoms with Crippen LogP contribution in [0.2, 0.25) is 0 Å². The minimum Gasteiger partial charge on any atom is -0.376 e. The Bertz CT molecular complexity index is 235. The van der Waals surface area contributed by atoms with Gasteiger partial charge < -0.3 is 4.74 Å². The van der Waals surface area contributed by atoms with E-state index in [4.69, 9.17) is 9.88 Å². The highest BCUT2D eigenvalue weighted by molar-refractivity contribution is 7.99. The fourth-order valence-corrected chi connectivity index (χ4v) is 2.76. The van der Waals surface area contributed by atoms with Crippen molar-refractivity contribution in [2.75, 3.05) is 6.61 Å². The minimum atomic E-state index is 0.778. The minimum absolute atomic E-state index is 0.778. The van der Waals surface area contributed by atoms with Crippen molar-refractivity contribution in [2.24, 2.45) is 5.14 Å². The maximum atomic E-state index is 5.45. The molecule has 0 spiro atoms. The van der Waals surface area contributed by atoms with Gasteiger partial charge in [-0.05, 0) is 30.0 Å². The van der Waals surface area contributed by atoms with Crippen LogP contribution < -0.4 is 5.14 Å². The molecule has 2 heterocycles. The lowest BCUT2D eigenvalue weighted by atomic mass is 10.2. The van der Waals surface area contributed by atoms with Crippen molar-refractivity contribution in [1.82, 2.24) is 0 Å². The topological polar surface area (TPSA) is 35.2 Å². The van der Waals surface area contributed by atoms with Crippen LogP contribution in [0.3, 0.4) is 0 Å². The van der Waals surface area contributed by atoms with E-state index < -0.39 is 0 Å². The molecule has 0 unspecified atom stereocenters. The average molecular weight is 187 g/mol. The van der Waals surface area contributed by atoms with Crippen molar-refractivity contribution in [3.8, 4) is 0 Å². The molecule has 0 fully saturated rings. The normalized spacial score (nSPS) is 16.5. The second-order valence-corrected chi connectivity index (χ2v) is 4.50. The third-order valence-corrected chi connectivity index (χ3v) is 3.57. The standard InChI is InChI=1S/C7H9NOS2/c8-11-7-3-5-1-2-9-4-6(5)10-7/h3H,1-2,4,8H2. The quantitative estimate of drug-likeness (QED) is 0.681. The molecule has 0 amide bonds. The van der Waals surface area contributed by atoms with E-state index in [1.807, 2.05) is 0 Å². The van der Waals surface area contributed by atoms with E-state index in [1.165, 1.54) is 26.6 Å². The zero-order valence-electron chi connectivity index (χ0n) is 6.00. The third kappa shape index (κ3) is 1.44. The first-order chi connectivity index (χ1) is 5.40. The Kier molecular flexibility index (Phi) is 2.18. The highest BCUT2D eigenvalue weighted by Crippen LogP contribution is 2.30. The number of ether oxygens (including phenoxy) is 1. The van der Waals surface area contributed by atoms with E-state index in [2.05, 4.69) is 6.07 Å². The molecule has 1 aromatic rings. The van der Waals surface area contributed by atoms with E-state index in [0.717, 1.165) is 19.6 Å². The Morgan fingerprint density at radius 3 is 3.27 bits per heavy atom. The number of hydrogen-bond acceptors (Lipinski definition) is 4. The van der Waals surface area contributed by atoms with Crippen molar-refractivity contribution in [2.45, 2.75) is 17.2 Å². The Morgan fingerprint density at radius 2 is 2.55 bits per heavy atom. The van der Waals surface area contributed by atoms with Gasteiger partial charge in [0.2, 0.25) is 0 Å². The van der Waals surface area contributed by atoms with Crippen molar-refractivity contribution >= 4 is 23.3 Å². The number of rotatable bonds is 1. The molecule has 60 valence electrons. The molecule has 1 aliphatic heterocycles. The van der Waals surface area contributed by atoms with Gasteiger partial charge in [-0.1, -0.05) is 0 Å². The van der Waals surface area contributed by atoms with Crippen molar-refractivity contribution in [1.29, 1.82) is 0 Å². The summed E-state index contributed by atoms with van der Waals surface area (Å²) in [6, 6.07) is 2.17. The van der Waals surface area contributed by atoms with Gasteiger partial charge in [0.15, 0.2) is 0 Å². The lowest BCUT2D eigenvalue weighted by molar-refractivity contribution is 0.113. The lowest BCUT2D eigenvalue weighted by Crippen LogP contribution is -2.05. The van der Waals surface area contributed by atoms with Crippen LogP contribution in [0.4, 0.5) is 0 Å². The smallest absolute Gasteiger partial charge is 0.0812 e. The largest absolute Gasteiger partial charge is 0.376 e. The predicted octanol–water partition coefficient (Wildman–Crippen LogP) is 1.79. The van der Waals surface area contributed by atoms with Crippen LogP contribution in [0.25, 0.3) is 0 Å². The number of nitrogens with two attached hydrogens (primary N) is 1. The molecule has 0 bridgehead atoms. The van der Waals surface area contributed by atoms with Gasteiger partial charge in [-0.2, -0.15) is 0 Å². The Labute approximate surface area is 73.9 Å². The fourth-order valence-electron chi connectivity index (χ4n) is 1.18. The molecular formula is C7H9NOS2. The van der Waals surface area contributed by atoms with Gasteiger partial charge in [0, 0.05) is 4.88 Å². The van der Waals surface area contributed by atoms with Gasteiger partial charge in [-0.3, -0.25) is 5.14 Å². The molecule has 1 aromatic heterocycles. The SMILES string of the molecule is NSc1cc2c(s1)COCC2. The van der Waals surface area contributed by atoms with Crippen molar-refractivity contribution < 1.29 is 4.74 Å². The molecule has 2 N–H and O–H groups in total. The van der Waals surface area contributed by atoms with Crippen LogP contribution in [0.15, 0.2) is 10.3 Å². The van der Waals surface area contributed by atoms with Crippen LogP contribution >= 0.6 is 23.3 Å². The fraction of sp³-hybridized carbons (Fsp3) is 0.429. The van der Waals surface area contributed by atoms with Gasteiger partial charge >= 0.3 is 0 Å². The second kappa shape index (κ2) is 3.15. The molecule has 0 saturated heterocycles. The monoisotopic (exact) mass is 187 g/mol. The summed E-state index contributed by atoms with van der Waals surface area (Å²) in [6.07, 6.45) is 1.05. The molecule has 2 rings (SSSR count). The first kappa shape index (κ1) is 7.61. The van der Waals surface area contributed by atoms with Crippen LogP contribution in [0.5, 0.6) is 0 Å². The van der Waals surface area contributed by atoms with Gasteiger partial charge in [-0.25, -0.2) is 0 Å². The molecule has 0 aromatic carbocycles. The summed E-state index contributed by atoms with van der Waals surface area (Å²) in [7, 11) is 0. The first-order valence-corrected chi connectivity index (χ1v) is 5.16. The summed E-state index contributed by atoms with van der Waals surface area (Å²) >= 11 is 3.07. The summed E-state index contributed by atoms with van der Waals surface area (Å²) in [5.74, 6) is 0. The second-order valence-electron chi connectivity index (χ2n) is 2.43. The Balaban J connectivity index is 2.32. The predicted molar refractivity (Wildman–Crippen MR) is 47.7 cm³/mol. The van der Waals surface area contributed by atoms with E-state index in [-0.39, 0.29) is 0 Å². The van der Waals surface area contributed by atoms with E-state index in [9.17, 15) is 0 Å². The van der Waals surface area contributed by atoms with Gasteiger partial charge in [-0.15, -0.1) is 11.3 Å². The lowest BCUT2D eigenvalue weighted by Gasteiger charge is -2.10. The van der Waals surface area contributed by atoms with Crippen molar-refractivity contribution in [3.63, 3.8) is 0 Å². The first-order valence-electron chi connectivity index (χ1n) is 3.46. The average Bonchev–Trinajstić information content (AvgIpc) is 2.46.